The molecule has 0 bridgehead atoms. The molecule has 0 aliphatic rings. The summed E-state index contributed by atoms with van der Waals surface area (Å²) in [5, 5.41) is 40.8. The van der Waals surface area contributed by atoms with Crippen molar-refractivity contribution >= 4 is 0 Å². The van der Waals surface area contributed by atoms with Gasteiger partial charge in [0.05, 0.1) is 19.7 Å². The minimum atomic E-state index is -2.06. The van der Waals surface area contributed by atoms with Gasteiger partial charge in [0.15, 0.2) is 0 Å². The maximum absolute atomic E-state index is 10.2. The van der Waals surface area contributed by atoms with E-state index in [9.17, 15) is 40.5 Å². The second-order valence-electron chi connectivity index (χ2n) is 3.05. The molecular weight excluding hydrogens is 256 g/mol. The Hall–Kier alpha value is -2.66. The highest BCUT2D eigenvalue weighted by molar-refractivity contribution is 4.83. The largest absolute Gasteiger partial charge is 0.454 e. The second-order valence-corrected chi connectivity index (χ2v) is 3.05. The minimum Gasteiger partial charge on any atom is -0.259 e. The summed E-state index contributed by atoms with van der Waals surface area (Å²) in [6, 6.07) is 0. The molecule has 0 amide bonds. The van der Waals surface area contributed by atoms with Gasteiger partial charge >= 0.3 is 12.3 Å². The fourth-order valence-corrected chi connectivity index (χ4v) is 0.934. The molecule has 0 heterocycles. The van der Waals surface area contributed by atoms with Gasteiger partial charge in [-0.3, -0.25) is 40.5 Å². The van der Waals surface area contributed by atoms with Crippen LogP contribution in [0, 0.1) is 40.5 Å². The van der Waals surface area contributed by atoms with Gasteiger partial charge in [0, 0.05) is 0 Å². The Balaban J connectivity index is 4.41. The second kappa shape index (κ2) is 6.82. The molecule has 0 atom stereocenters. The molecule has 12 heteroatoms. The minimum absolute atomic E-state index is 0.595. The summed E-state index contributed by atoms with van der Waals surface area (Å²) in [6.07, 6.45) is -3.44. The van der Waals surface area contributed by atoms with Crippen molar-refractivity contribution < 1.29 is 19.7 Å². The first kappa shape index (κ1) is 15.3. The highest BCUT2D eigenvalue weighted by atomic mass is 16.7. The van der Waals surface area contributed by atoms with Crippen molar-refractivity contribution in [3.05, 3.63) is 52.6 Å². The SMILES string of the molecule is O=[N+]([O-])C(CC=CCC([N+](=O)[O-])[N+](=O)[O-])[N+](=O)[O-]. The molecule has 0 N–H and O–H groups in total. The van der Waals surface area contributed by atoms with E-state index in [0.29, 0.717) is 0 Å². The van der Waals surface area contributed by atoms with Crippen LogP contribution in [0.25, 0.3) is 0 Å². The Morgan fingerprint density at radius 2 is 0.889 bits per heavy atom. The average Bonchev–Trinajstić information content (AvgIpc) is 2.20. The van der Waals surface area contributed by atoms with E-state index < -0.39 is 44.9 Å². The molecule has 0 radical (unpaired) electrons. The third-order valence-electron chi connectivity index (χ3n) is 1.83. The van der Waals surface area contributed by atoms with Gasteiger partial charge in [-0.2, -0.15) is 0 Å². The van der Waals surface area contributed by atoms with Gasteiger partial charge < -0.3 is 0 Å². The number of nitrogens with zero attached hydrogens (tertiary/aromatic N) is 4. The zero-order chi connectivity index (χ0) is 14.3. The van der Waals surface area contributed by atoms with Crippen molar-refractivity contribution in [3.8, 4) is 0 Å². The van der Waals surface area contributed by atoms with Gasteiger partial charge in [0.2, 0.25) is 0 Å². The topological polar surface area (TPSA) is 173 Å². The van der Waals surface area contributed by atoms with Crippen LogP contribution < -0.4 is 0 Å². The number of hydrogen-bond acceptors (Lipinski definition) is 8. The van der Waals surface area contributed by atoms with Gasteiger partial charge in [0.25, 0.3) is 0 Å². The van der Waals surface area contributed by atoms with Gasteiger partial charge in [-0.15, -0.1) is 0 Å². The summed E-state index contributed by atoms with van der Waals surface area (Å²) in [5.74, 6) is 0. The molecule has 0 fully saturated rings. The molecule has 0 aliphatic carbocycles. The summed E-state index contributed by atoms with van der Waals surface area (Å²) < 4.78 is 0. The molecule has 0 aromatic heterocycles. The van der Waals surface area contributed by atoms with Crippen LogP contribution in [0.1, 0.15) is 12.8 Å². The lowest BCUT2D eigenvalue weighted by Gasteiger charge is -1.99. The predicted molar refractivity (Wildman–Crippen MR) is 53.9 cm³/mol. The van der Waals surface area contributed by atoms with Crippen molar-refractivity contribution in [2.45, 2.75) is 25.2 Å². The molecular formula is C6H8N4O8. The molecule has 0 aliphatic heterocycles. The van der Waals surface area contributed by atoms with E-state index in [4.69, 9.17) is 0 Å². The lowest BCUT2D eigenvalue weighted by molar-refractivity contribution is -0.742. The van der Waals surface area contributed by atoms with Crippen molar-refractivity contribution in [2.75, 3.05) is 0 Å². The van der Waals surface area contributed by atoms with E-state index in [2.05, 4.69) is 0 Å². The normalized spacial score (nSPS) is 11.0. The smallest absolute Gasteiger partial charge is 0.259 e. The van der Waals surface area contributed by atoms with E-state index in [1.54, 1.807) is 0 Å². The Morgan fingerprint density at radius 1 is 0.667 bits per heavy atom. The Labute approximate surface area is 98.5 Å². The lowest BCUT2D eigenvalue weighted by Crippen LogP contribution is -2.28. The number of hydrogen-bond donors (Lipinski definition) is 0. The third-order valence-corrected chi connectivity index (χ3v) is 1.83. The monoisotopic (exact) mass is 264 g/mol. The zero-order valence-electron chi connectivity index (χ0n) is 8.78. The Bertz CT molecular complexity index is 329. The first-order valence-corrected chi connectivity index (χ1v) is 4.46. The highest BCUT2D eigenvalue weighted by Crippen LogP contribution is 2.03. The third kappa shape index (κ3) is 4.91. The highest BCUT2D eigenvalue weighted by Gasteiger charge is 2.32. The Morgan fingerprint density at radius 3 is 1.06 bits per heavy atom. The maximum atomic E-state index is 10.2. The molecule has 0 saturated heterocycles. The first-order valence-electron chi connectivity index (χ1n) is 4.46. The summed E-state index contributed by atoms with van der Waals surface area (Å²) >= 11 is 0. The molecule has 18 heavy (non-hydrogen) atoms. The predicted octanol–water partition coefficient (Wildman–Crippen LogP) is 0.0818. The van der Waals surface area contributed by atoms with Crippen molar-refractivity contribution in [2.24, 2.45) is 0 Å². The van der Waals surface area contributed by atoms with Crippen LogP contribution in [0.2, 0.25) is 0 Å². The van der Waals surface area contributed by atoms with E-state index >= 15 is 0 Å². The van der Waals surface area contributed by atoms with Gasteiger partial charge in [0.1, 0.15) is 12.8 Å². The van der Waals surface area contributed by atoms with E-state index in [1.807, 2.05) is 0 Å². The maximum Gasteiger partial charge on any atom is 0.454 e. The molecule has 0 unspecified atom stereocenters. The van der Waals surface area contributed by atoms with Crippen LogP contribution in [0.5, 0.6) is 0 Å². The summed E-state index contributed by atoms with van der Waals surface area (Å²) in [5.41, 5.74) is 0. The van der Waals surface area contributed by atoms with Crippen LogP contribution in [-0.4, -0.2) is 32.0 Å². The number of nitro groups is 4. The van der Waals surface area contributed by atoms with Crippen LogP contribution in [-0.2, 0) is 0 Å². The van der Waals surface area contributed by atoms with Gasteiger partial charge in [-0.1, -0.05) is 12.2 Å². The van der Waals surface area contributed by atoms with Crippen molar-refractivity contribution in [3.63, 3.8) is 0 Å². The van der Waals surface area contributed by atoms with E-state index in [0.717, 1.165) is 12.2 Å². The molecule has 0 aromatic carbocycles. The standard InChI is InChI=1S/C6H8N4O8/c11-7(12)5(8(13)14)3-1-2-4-6(9(15)16)10(17)18/h1-2,5-6H,3-4H2. The van der Waals surface area contributed by atoms with Crippen LogP contribution >= 0.6 is 0 Å². The molecule has 0 aromatic rings. The van der Waals surface area contributed by atoms with Crippen LogP contribution in [0.4, 0.5) is 0 Å². The summed E-state index contributed by atoms with van der Waals surface area (Å²) in [4.78, 5) is 36.3. The Kier molecular flexibility index (Phi) is 5.81. The van der Waals surface area contributed by atoms with Gasteiger partial charge in [-0.25, -0.2) is 0 Å². The van der Waals surface area contributed by atoms with Crippen molar-refractivity contribution in [1.29, 1.82) is 0 Å². The zero-order valence-corrected chi connectivity index (χ0v) is 8.78. The number of rotatable bonds is 8. The lowest BCUT2D eigenvalue weighted by atomic mass is 10.2. The van der Waals surface area contributed by atoms with Gasteiger partial charge in [-0.05, 0) is 0 Å². The van der Waals surface area contributed by atoms with Crippen LogP contribution in [0.3, 0.4) is 0 Å². The molecule has 12 nitrogen and oxygen atoms in total. The van der Waals surface area contributed by atoms with E-state index in [1.165, 1.54) is 0 Å². The molecule has 0 rings (SSSR count). The van der Waals surface area contributed by atoms with Crippen LogP contribution in [0.15, 0.2) is 12.2 Å². The molecule has 0 saturated carbocycles. The molecule has 0 spiro atoms. The van der Waals surface area contributed by atoms with E-state index in [-0.39, 0.29) is 0 Å². The molecule has 100 valence electrons. The summed E-state index contributed by atoms with van der Waals surface area (Å²) in [6.45, 7) is 0. The summed E-state index contributed by atoms with van der Waals surface area (Å²) in [7, 11) is 0. The quantitative estimate of drug-likeness (QED) is 0.256. The first-order chi connectivity index (χ1) is 8.27. The van der Waals surface area contributed by atoms with Crippen molar-refractivity contribution in [1.82, 2.24) is 0 Å². The average molecular weight is 264 g/mol. The fraction of sp³-hybridized carbons (Fsp3) is 0.667. The fourth-order valence-electron chi connectivity index (χ4n) is 0.934.